The van der Waals surface area contributed by atoms with Crippen LogP contribution in [-0.4, -0.2) is 31.6 Å². The number of halogens is 1. The fraction of sp³-hybridized carbons (Fsp3) is 0.538. The molecular formula is C13H19FN2. The summed E-state index contributed by atoms with van der Waals surface area (Å²) in [6, 6.07) is 7.76. The lowest BCUT2D eigenvalue weighted by Crippen LogP contribution is -2.41. The van der Waals surface area contributed by atoms with E-state index in [1.807, 2.05) is 12.1 Å². The van der Waals surface area contributed by atoms with E-state index in [1.165, 1.54) is 6.07 Å². The minimum atomic E-state index is -0.0978. The Balaban J connectivity index is 2.13. The Morgan fingerprint density at radius 3 is 2.75 bits per heavy atom. The SMILES string of the molecule is CN(C)C1CCNC(c2ccccc2F)C1. The standard InChI is InChI=1S/C13H19FN2/c1-16(2)10-7-8-15-13(9-10)11-5-3-4-6-12(11)14/h3-6,10,13,15H,7-9H2,1-2H3. The first-order chi connectivity index (χ1) is 7.68. The fourth-order valence-corrected chi connectivity index (χ4v) is 2.36. The molecule has 2 nitrogen and oxygen atoms in total. The summed E-state index contributed by atoms with van der Waals surface area (Å²) in [5.74, 6) is -0.0978. The third-order valence-electron chi connectivity index (χ3n) is 3.39. The van der Waals surface area contributed by atoms with Crippen molar-refractivity contribution < 1.29 is 4.39 Å². The van der Waals surface area contributed by atoms with Gasteiger partial charge in [0.1, 0.15) is 5.82 Å². The summed E-state index contributed by atoms with van der Waals surface area (Å²) in [4.78, 5) is 2.23. The molecule has 0 spiro atoms. The zero-order chi connectivity index (χ0) is 11.5. The molecule has 0 amide bonds. The molecular weight excluding hydrogens is 203 g/mol. The van der Waals surface area contributed by atoms with Gasteiger partial charge in [-0.05, 0) is 39.5 Å². The van der Waals surface area contributed by atoms with E-state index in [0.29, 0.717) is 6.04 Å². The molecule has 1 aliphatic heterocycles. The van der Waals surface area contributed by atoms with Crippen LogP contribution < -0.4 is 5.32 Å². The monoisotopic (exact) mass is 222 g/mol. The summed E-state index contributed by atoms with van der Waals surface area (Å²) in [6.07, 6.45) is 2.12. The summed E-state index contributed by atoms with van der Waals surface area (Å²) in [7, 11) is 4.18. The highest BCUT2D eigenvalue weighted by molar-refractivity contribution is 5.22. The summed E-state index contributed by atoms with van der Waals surface area (Å²) in [5, 5.41) is 3.39. The first kappa shape index (κ1) is 11.6. The van der Waals surface area contributed by atoms with Gasteiger partial charge in [-0.25, -0.2) is 4.39 Å². The maximum atomic E-state index is 13.6. The lowest BCUT2D eigenvalue weighted by molar-refractivity contribution is 0.205. The molecule has 88 valence electrons. The largest absolute Gasteiger partial charge is 0.310 e. The van der Waals surface area contributed by atoms with E-state index in [1.54, 1.807) is 6.07 Å². The Labute approximate surface area is 96.5 Å². The molecule has 0 bridgehead atoms. The highest BCUT2D eigenvalue weighted by atomic mass is 19.1. The Morgan fingerprint density at radius 1 is 1.31 bits per heavy atom. The highest BCUT2D eigenvalue weighted by Crippen LogP contribution is 2.26. The Hall–Kier alpha value is -0.930. The van der Waals surface area contributed by atoms with E-state index in [4.69, 9.17) is 0 Å². The highest BCUT2D eigenvalue weighted by Gasteiger charge is 2.25. The number of piperidine rings is 1. The Morgan fingerprint density at radius 2 is 2.06 bits per heavy atom. The number of benzene rings is 1. The van der Waals surface area contributed by atoms with Crippen LogP contribution in [0.3, 0.4) is 0 Å². The Bertz CT molecular complexity index is 352. The van der Waals surface area contributed by atoms with Crippen molar-refractivity contribution in [2.45, 2.75) is 24.9 Å². The number of rotatable bonds is 2. The third-order valence-corrected chi connectivity index (χ3v) is 3.39. The van der Waals surface area contributed by atoms with E-state index in [2.05, 4.69) is 24.3 Å². The van der Waals surface area contributed by atoms with E-state index in [-0.39, 0.29) is 11.9 Å². The average molecular weight is 222 g/mol. The normalized spacial score (nSPS) is 26.0. The number of hydrogen-bond acceptors (Lipinski definition) is 2. The van der Waals surface area contributed by atoms with Crippen molar-refractivity contribution in [3.63, 3.8) is 0 Å². The molecule has 2 atom stereocenters. The van der Waals surface area contributed by atoms with Gasteiger partial charge in [0, 0.05) is 17.6 Å². The number of hydrogen-bond donors (Lipinski definition) is 1. The van der Waals surface area contributed by atoms with Gasteiger partial charge in [0.15, 0.2) is 0 Å². The molecule has 0 saturated carbocycles. The van der Waals surface area contributed by atoms with Gasteiger partial charge < -0.3 is 10.2 Å². The predicted octanol–water partition coefficient (Wildman–Crippen LogP) is 2.18. The average Bonchev–Trinajstić information content (AvgIpc) is 2.30. The lowest BCUT2D eigenvalue weighted by atomic mass is 9.93. The van der Waals surface area contributed by atoms with Crippen LogP contribution >= 0.6 is 0 Å². The van der Waals surface area contributed by atoms with E-state index in [9.17, 15) is 4.39 Å². The molecule has 1 aromatic carbocycles. The molecule has 0 aliphatic carbocycles. The maximum Gasteiger partial charge on any atom is 0.127 e. The van der Waals surface area contributed by atoms with Crippen molar-refractivity contribution >= 4 is 0 Å². The molecule has 1 fully saturated rings. The van der Waals surface area contributed by atoms with Crippen LogP contribution in [0.1, 0.15) is 24.4 Å². The summed E-state index contributed by atoms with van der Waals surface area (Å²) >= 11 is 0. The van der Waals surface area contributed by atoms with Crippen LogP contribution in [0.2, 0.25) is 0 Å². The van der Waals surface area contributed by atoms with Crippen molar-refractivity contribution in [3.05, 3.63) is 35.6 Å². The zero-order valence-electron chi connectivity index (χ0n) is 9.91. The van der Waals surface area contributed by atoms with E-state index >= 15 is 0 Å². The molecule has 2 rings (SSSR count). The molecule has 2 unspecified atom stereocenters. The second-order valence-corrected chi connectivity index (χ2v) is 4.67. The van der Waals surface area contributed by atoms with Gasteiger partial charge in [-0.15, -0.1) is 0 Å². The summed E-state index contributed by atoms with van der Waals surface area (Å²) < 4.78 is 13.6. The minimum Gasteiger partial charge on any atom is -0.310 e. The van der Waals surface area contributed by atoms with Crippen LogP contribution in [0, 0.1) is 5.82 Å². The lowest BCUT2D eigenvalue weighted by Gasteiger charge is -2.34. The summed E-state index contributed by atoms with van der Waals surface area (Å²) in [6.45, 7) is 0.960. The molecule has 1 aromatic rings. The molecule has 1 aliphatic rings. The third kappa shape index (κ3) is 2.42. The Kier molecular flexibility index (Phi) is 3.56. The van der Waals surface area contributed by atoms with Crippen molar-refractivity contribution in [2.75, 3.05) is 20.6 Å². The van der Waals surface area contributed by atoms with Crippen molar-refractivity contribution in [1.29, 1.82) is 0 Å². The van der Waals surface area contributed by atoms with Gasteiger partial charge in [-0.1, -0.05) is 18.2 Å². The van der Waals surface area contributed by atoms with Gasteiger partial charge in [0.05, 0.1) is 0 Å². The summed E-state index contributed by atoms with van der Waals surface area (Å²) in [5.41, 5.74) is 0.800. The van der Waals surface area contributed by atoms with Gasteiger partial charge in [-0.2, -0.15) is 0 Å². The quantitative estimate of drug-likeness (QED) is 0.825. The second kappa shape index (κ2) is 4.93. The maximum absolute atomic E-state index is 13.6. The first-order valence-corrected chi connectivity index (χ1v) is 5.82. The topological polar surface area (TPSA) is 15.3 Å². The second-order valence-electron chi connectivity index (χ2n) is 4.67. The molecule has 3 heteroatoms. The molecule has 0 radical (unpaired) electrons. The molecule has 1 saturated heterocycles. The number of nitrogens with zero attached hydrogens (tertiary/aromatic N) is 1. The zero-order valence-corrected chi connectivity index (χ0v) is 9.91. The molecule has 1 N–H and O–H groups in total. The van der Waals surface area contributed by atoms with Crippen LogP contribution in [0.5, 0.6) is 0 Å². The smallest absolute Gasteiger partial charge is 0.127 e. The minimum absolute atomic E-state index is 0.0978. The van der Waals surface area contributed by atoms with Crippen molar-refractivity contribution in [2.24, 2.45) is 0 Å². The van der Waals surface area contributed by atoms with E-state index in [0.717, 1.165) is 24.9 Å². The van der Waals surface area contributed by atoms with Gasteiger partial charge in [-0.3, -0.25) is 0 Å². The molecule has 1 heterocycles. The van der Waals surface area contributed by atoms with Crippen molar-refractivity contribution in [3.8, 4) is 0 Å². The molecule has 16 heavy (non-hydrogen) atoms. The molecule has 0 aromatic heterocycles. The van der Waals surface area contributed by atoms with Crippen LogP contribution in [0.15, 0.2) is 24.3 Å². The van der Waals surface area contributed by atoms with Crippen LogP contribution in [0.4, 0.5) is 4.39 Å². The van der Waals surface area contributed by atoms with Crippen LogP contribution in [-0.2, 0) is 0 Å². The van der Waals surface area contributed by atoms with E-state index < -0.39 is 0 Å². The predicted molar refractivity (Wildman–Crippen MR) is 63.9 cm³/mol. The van der Waals surface area contributed by atoms with Gasteiger partial charge in [0.25, 0.3) is 0 Å². The van der Waals surface area contributed by atoms with Gasteiger partial charge in [0.2, 0.25) is 0 Å². The first-order valence-electron chi connectivity index (χ1n) is 5.82. The van der Waals surface area contributed by atoms with Crippen molar-refractivity contribution in [1.82, 2.24) is 10.2 Å². The van der Waals surface area contributed by atoms with Gasteiger partial charge >= 0.3 is 0 Å². The number of nitrogens with one attached hydrogen (secondary N) is 1. The van der Waals surface area contributed by atoms with Crippen LogP contribution in [0.25, 0.3) is 0 Å². The fourth-order valence-electron chi connectivity index (χ4n) is 2.36.